The topological polar surface area (TPSA) is 22.2 Å². The molecule has 1 heterocycles. The molecule has 0 fully saturated rings. The van der Waals surface area contributed by atoms with Gasteiger partial charge in [-0.2, -0.15) is 0 Å². The van der Waals surface area contributed by atoms with Crippen LogP contribution >= 0.6 is 17.3 Å². The van der Waals surface area contributed by atoms with E-state index in [0.717, 1.165) is 5.62 Å². The first kappa shape index (κ1) is 21.9. The molecule has 0 aliphatic carbocycles. The summed E-state index contributed by atoms with van der Waals surface area (Å²) in [5.41, 5.74) is 11.2. The van der Waals surface area contributed by atoms with Crippen molar-refractivity contribution in [2.45, 2.75) is 41.5 Å². The zero-order chi connectivity index (χ0) is 21.7. The van der Waals surface area contributed by atoms with Crippen molar-refractivity contribution in [2.24, 2.45) is 3.21 Å². The Labute approximate surface area is 177 Å². The summed E-state index contributed by atoms with van der Waals surface area (Å²) in [5, 5.41) is 0. The molecular formula is C25H36IN3. The maximum atomic E-state index is 5.46. The molecule has 0 aliphatic rings. The molecule has 29 heavy (non-hydrogen) atoms. The van der Waals surface area contributed by atoms with E-state index in [1.807, 2.05) is 0 Å². The van der Waals surface area contributed by atoms with Crippen LogP contribution in [-0.2, 0) is 0 Å². The number of imidazole rings is 1. The van der Waals surface area contributed by atoms with E-state index < -0.39 is 17.3 Å². The second-order valence-corrected chi connectivity index (χ2v) is 27.1. The Bertz CT molecular complexity index is 1030. The van der Waals surface area contributed by atoms with E-state index in [1.54, 1.807) is 0 Å². The summed E-state index contributed by atoms with van der Waals surface area (Å²) in [5.74, 6) is 0. The van der Waals surface area contributed by atoms with Crippen molar-refractivity contribution in [3.8, 4) is 11.4 Å². The number of alkyl halides is 4. The van der Waals surface area contributed by atoms with Crippen LogP contribution in [0.25, 0.3) is 11.4 Å². The molecule has 2 aromatic carbocycles. The van der Waals surface area contributed by atoms with Crippen LogP contribution in [0.3, 0.4) is 0 Å². The Kier molecular flexibility index (Phi) is 5.39. The summed E-state index contributed by atoms with van der Waals surface area (Å²) in [7, 11) is 0. The molecule has 4 heteroatoms. The van der Waals surface area contributed by atoms with Crippen molar-refractivity contribution in [3.05, 3.63) is 75.7 Å². The Morgan fingerprint density at radius 3 is 1.17 bits per heavy atom. The number of hydrogen-bond acceptors (Lipinski definition) is 1. The number of aryl methyl sites for hydroxylation is 6. The molecule has 158 valence electrons. The van der Waals surface area contributed by atoms with Crippen molar-refractivity contribution in [1.29, 1.82) is 0 Å². The molecule has 0 saturated heterocycles. The van der Waals surface area contributed by atoms with Crippen LogP contribution in [0.5, 0.6) is 0 Å². The molecule has 0 N–H and O–H groups in total. The number of rotatable bonds is 3. The van der Waals surface area contributed by atoms with E-state index in [0.29, 0.717) is 0 Å². The molecular weight excluding hydrogens is 469 g/mol. The van der Waals surface area contributed by atoms with Gasteiger partial charge in [-0.25, -0.2) is 0 Å². The quantitative estimate of drug-likeness (QED) is 0.306. The molecule has 0 unspecified atom stereocenters. The fourth-order valence-electron chi connectivity index (χ4n) is 4.22. The van der Waals surface area contributed by atoms with Gasteiger partial charge in [-0.3, -0.25) is 0 Å². The van der Waals surface area contributed by atoms with Gasteiger partial charge in [0, 0.05) is 0 Å². The van der Waals surface area contributed by atoms with Gasteiger partial charge in [0.05, 0.1) is 0 Å². The number of nitrogens with zero attached hydrogens (tertiary/aromatic N) is 3. The molecule has 3 aromatic rings. The second kappa shape index (κ2) is 7.15. The average molecular weight is 505 g/mol. The predicted octanol–water partition coefficient (Wildman–Crippen LogP) is 6.03. The van der Waals surface area contributed by atoms with Crippen LogP contribution in [0.2, 0.25) is 0 Å². The van der Waals surface area contributed by atoms with Crippen molar-refractivity contribution >= 4 is 17.3 Å². The molecule has 0 spiro atoms. The standard InChI is InChI=1S/C25H36IN3/c1-17-13-19(3)23(20(4)14-17)28-11-12-29(25(28)27-26(7,8,9)10)24-21(5)15-18(2)16-22(24)6/h11-16H,1-10H3. The molecule has 0 bridgehead atoms. The van der Waals surface area contributed by atoms with E-state index in [1.165, 1.54) is 44.8 Å². The van der Waals surface area contributed by atoms with Gasteiger partial charge < -0.3 is 0 Å². The molecule has 0 amide bonds. The van der Waals surface area contributed by atoms with Gasteiger partial charge in [0.15, 0.2) is 0 Å². The summed E-state index contributed by atoms with van der Waals surface area (Å²) < 4.78 is 10.0. The number of hydrogen-bond donors (Lipinski definition) is 0. The van der Waals surface area contributed by atoms with Crippen molar-refractivity contribution in [2.75, 3.05) is 19.7 Å². The van der Waals surface area contributed by atoms with E-state index in [-0.39, 0.29) is 0 Å². The molecule has 0 aliphatic heterocycles. The Hall–Kier alpha value is -1.82. The van der Waals surface area contributed by atoms with Gasteiger partial charge >= 0.3 is 178 Å². The SMILES string of the molecule is Cc1cc(C)c(-n2ccn(-c3c(C)cc(C)cc3C)c2=NI(C)(C)(C)C)c(C)c1. The Morgan fingerprint density at radius 1 is 0.586 bits per heavy atom. The minimum absolute atomic E-state index is 1.03. The summed E-state index contributed by atoms with van der Waals surface area (Å²) in [6.07, 6.45) is 4.36. The minimum atomic E-state index is -2.83. The van der Waals surface area contributed by atoms with Gasteiger partial charge in [-0.1, -0.05) is 0 Å². The van der Waals surface area contributed by atoms with Crippen LogP contribution in [0.1, 0.15) is 33.4 Å². The van der Waals surface area contributed by atoms with Crippen LogP contribution in [0.15, 0.2) is 39.9 Å². The van der Waals surface area contributed by atoms with Gasteiger partial charge in [0.25, 0.3) is 0 Å². The molecule has 0 saturated carbocycles. The molecule has 0 atom stereocenters. The third-order valence-electron chi connectivity index (χ3n) is 4.96. The molecule has 1 aromatic heterocycles. The number of halogens is 1. The maximum absolute atomic E-state index is 5.46. The predicted molar refractivity (Wildman–Crippen MR) is 137 cm³/mol. The fraction of sp³-hybridized carbons (Fsp3) is 0.400. The van der Waals surface area contributed by atoms with Gasteiger partial charge in [0.2, 0.25) is 0 Å². The summed E-state index contributed by atoms with van der Waals surface area (Å²) in [6, 6.07) is 9.05. The van der Waals surface area contributed by atoms with Gasteiger partial charge in [0.1, 0.15) is 0 Å². The van der Waals surface area contributed by atoms with Crippen LogP contribution < -0.4 is 5.62 Å². The zero-order valence-corrected chi connectivity index (χ0v) is 21.8. The normalized spacial score (nSPS) is 13.2. The average Bonchev–Trinajstić information content (AvgIpc) is 2.86. The van der Waals surface area contributed by atoms with Crippen molar-refractivity contribution in [3.63, 3.8) is 0 Å². The van der Waals surface area contributed by atoms with Gasteiger partial charge in [-0.15, -0.1) is 0 Å². The summed E-state index contributed by atoms with van der Waals surface area (Å²) in [4.78, 5) is 9.43. The number of benzene rings is 2. The van der Waals surface area contributed by atoms with Crippen LogP contribution in [0, 0.1) is 41.5 Å². The summed E-state index contributed by atoms with van der Waals surface area (Å²) in [6.45, 7) is 13.1. The van der Waals surface area contributed by atoms with Crippen molar-refractivity contribution in [1.82, 2.24) is 9.13 Å². The second-order valence-electron chi connectivity index (χ2n) is 9.86. The molecule has 0 radical (unpaired) electrons. The van der Waals surface area contributed by atoms with Gasteiger partial charge in [-0.05, 0) is 0 Å². The Balaban J connectivity index is 2.45. The molecule has 3 nitrogen and oxygen atoms in total. The number of aromatic nitrogens is 2. The third-order valence-corrected chi connectivity index (χ3v) is 7.32. The molecule has 3 rings (SSSR count). The third kappa shape index (κ3) is 4.68. The van der Waals surface area contributed by atoms with Crippen LogP contribution in [0.4, 0.5) is 0 Å². The Morgan fingerprint density at radius 2 is 0.897 bits per heavy atom. The van der Waals surface area contributed by atoms with E-state index in [2.05, 4.69) is 107 Å². The monoisotopic (exact) mass is 505 g/mol. The first-order valence-corrected chi connectivity index (χ1v) is 19.6. The van der Waals surface area contributed by atoms with E-state index >= 15 is 0 Å². The van der Waals surface area contributed by atoms with Crippen molar-refractivity contribution < 1.29 is 0 Å². The van der Waals surface area contributed by atoms with E-state index in [4.69, 9.17) is 3.21 Å². The first-order chi connectivity index (χ1) is 13.2. The first-order valence-electron chi connectivity index (χ1n) is 9.96. The van der Waals surface area contributed by atoms with Crippen LogP contribution in [-0.4, -0.2) is 28.9 Å². The fourth-order valence-corrected chi connectivity index (χ4v) is 6.41. The van der Waals surface area contributed by atoms with E-state index in [9.17, 15) is 0 Å². The summed E-state index contributed by atoms with van der Waals surface area (Å²) >= 11 is -2.83. The zero-order valence-electron chi connectivity index (χ0n) is 19.7.